The molecule has 0 heterocycles. The van der Waals surface area contributed by atoms with E-state index in [1.807, 2.05) is 6.92 Å². The van der Waals surface area contributed by atoms with Crippen LogP contribution in [0.3, 0.4) is 0 Å². The zero-order valence-electron chi connectivity index (χ0n) is 14.9. The largest absolute Gasteiger partial charge is 0.494 e. The zero-order chi connectivity index (χ0) is 19.6. The summed E-state index contributed by atoms with van der Waals surface area (Å²) < 4.78 is 22.0. The lowest BCUT2D eigenvalue weighted by Gasteiger charge is -2.09. The predicted molar refractivity (Wildman–Crippen MR) is 105 cm³/mol. The van der Waals surface area contributed by atoms with E-state index < -0.39 is 12.8 Å². The molecule has 0 radical (unpaired) electrons. The molecule has 0 aliphatic heterocycles. The van der Waals surface area contributed by atoms with Gasteiger partial charge in [-0.1, -0.05) is 12.1 Å². The van der Waals surface area contributed by atoms with E-state index in [4.69, 9.17) is 10.5 Å². The Morgan fingerprint density at radius 1 is 1.33 bits per heavy atom. The van der Waals surface area contributed by atoms with Gasteiger partial charge in [-0.15, -0.1) is 0 Å². The molecule has 27 heavy (non-hydrogen) atoms. The average molecular weight is 371 g/mol. The van der Waals surface area contributed by atoms with Crippen molar-refractivity contribution in [2.24, 2.45) is 0 Å². The van der Waals surface area contributed by atoms with Gasteiger partial charge in [0.05, 0.1) is 18.2 Å². The number of ether oxygens (including phenoxy) is 2. The highest BCUT2D eigenvalue weighted by molar-refractivity contribution is 5.94. The van der Waals surface area contributed by atoms with Gasteiger partial charge in [0.25, 0.3) is 0 Å². The van der Waals surface area contributed by atoms with E-state index in [0.29, 0.717) is 34.9 Å². The first-order valence-corrected chi connectivity index (χ1v) is 8.31. The number of rotatable bonds is 7. The molecule has 0 spiro atoms. The zero-order valence-corrected chi connectivity index (χ0v) is 14.9. The maximum absolute atomic E-state index is 12.0. The van der Waals surface area contributed by atoms with E-state index in [9.17, 15) is 14.4 Å². The molecule has 0 aliphatic carbocycles. The smallest absolute Gasteiger partial charge is 0.411 e. The van der Waals surface area contributed by atoms with Gasteiger partial charge < -0.3 is 15.2 Å². The van der Waals surface area contributed by atoms with E-state index >= 15 is 0 Å². The Morgan fingerprint density at radius 3 is 2.67 bits per heavy atom. The Morgan fingerprint density at radius 2 is 2.07 bits per heavy atom. The molecule has 2 aromatic rings. The molecule has 0 aromatic heterocycles. The summed E-state index contributed by atoms with van der Waals surface area (Å²) in [5, 5.41) is 12.0. The van der Waals surface area contributed by atoms with Crippen LogP contribution in [0, 0.1) is 11.3 Å². The fourth-order valence-electron chi connectivity index (χ4n) is 2.33. The van der Waals surface area contributed by atoms with Gasteiger partial charge in [0.1, 0.15) is 19.0 Å². The first-order chi connectivity index (χ1) is 13.1. The number of anilines is 2. The number of nitrogen functional groups attached to an aromatic ring is 1. The number of benzene rings is 2. The highest BCUT2D eigenvalue weighted by Gasteiger charge is 2.08. The Kier molecular flexibility index (Phi) is 7.20. The summed E-state index contributed by atoms with van der Waals surface area (Å²) in [4.78, 5) is 11.4. The molecular weight excluding hydrogens is 349 g/mol. The number of alkyl halides is 1. The molecule has 0 atom stereocenters. The third kappa shape index (κ3) is 5.75. The van der Waals surface area contributed by atoms with Gasteiger partial charge in [0, 0.05) is 24.4 Å². The number of hydrogen-bond donors (Lipinski definition) is 2. The molecule has 0 unspecified atom stereocenters. The molecule has 2 rings (SSSR count). The van der Waals surface area contributed by atoms with Crippen molar-refractivity contribution in [1.29, 1.82) is 5.26 Å². The molecule has 2 aromatic carbocycles. The fraction of sp³-hybridized carbons (Fsp3) is 0.200. The van der Waals surface area contributed by atoms with Crippen molar-refractivity contribution >= 4 is 29.1 Å². The van der Waals surface area contributed by atoms with Crippen molar-refractivity contribution in [3.63, 3.8) is 0 Å². The minimum atomic E-state index is -0.733. The Hall–Kier alpha value is -3.53. The van der Waals surface area contributed by atoms with Crippen LogP contribution < -0.4 is 15.8 Å². The van der Waals surface area contributed by atoms with Gasteiger partial charge in [0.2, 0.25) is 0 Å². The summed E-state index contributed by atoms with van der Waals surface area (Å²) in [7, 11) is 0. The second kappa shape index (κ2) is 9.82. The number of allylic oxidation sites excluding steroid dienone is 1. The van der Waals surface area contributed by atoms with E-state index in [1.54, 1.807) is 48.5 Å². The maximum atomic E-state index is 12.0. The summed E-state index contributed by atoms with van der Waals surface area (Å²) in [6, 6.07) is 14.1. The van der Waals surface area contributed by atoms with Crippen LogP contribution in [0.1, 0.15) is 19.5 Å². The number of nitriles is 1. The minimum absolute atomic E-state index is 0. The fourth-order valence-corrected chi connectivity index (χ4v) is 2.33. The van der Waals surface area contributed by atoms with Crippen molar-refractivity contribution in [2.75, 3.05) is 30.9 Å². The van der Waals surface area contributed by atoms with E-state index in [0.717, 1.165) is 5.56 Å². The molecule has 0 saturated heterocycles. The van der Waals surface area contributed by atoms with Crippen LogP contribution in [0.4, 0.5) is 20.6 Å². The number of nitrogens with two attached hydrogens (primary N) is 1. The van der Waals surface area contributed by atoms with Crippen LogP contribution in [-0.4, -0.2) is 26.0 Å². The maximum Gasteiger partial charge on any atom is 0.411 e. The highest BCUT2D eigenvalue weighted by atomic mass is 19.1. The number of hydrogen-bond acceptors (Lipinski definition) is 5. The molecule has 7 heteroatoms. The molecule has 1 amide bonds. The van der Waals surface area contributed by atoms with Gasteiger partial charge in [0.15, 0.2) is 0 Å². The Balaban J connectivity index is 0.00000392. The summed E-state index contributed by atoms with van der Waals surface area (Å²) in [6.45, 7) is 1.38. The molecule has 3 N–H and O–H groups in total. The van der Waals surface area contributed by atoms with Gasteiger partial charge >= 0.3 is 6.09 Å². The van der Waals surface area contributed by atoms with Crippen LogP contribution in [-0.2, 0) is 4.74 Å². The van der Waals surface area contributed by atoms with Crippen LogP contribution in [0.15, 0.2) is 42.5 Å². The molecule has 0 bridgehead atoms. The van der Waals surface area contributed by atoms with Crippen LogP contribution >= 0.6 is 0 Å². The summed E-state index contributed by atoms with van der Waals surface area (Å²) >= 11 is 0. The van der Waals surface area contributed by atoms with Crippen molar-refractivity contribution < 1.29 is 20.1 Å². The molecule has 6 nitrogen and oxygen atoms in total. The van der Waals surface area contributed by atoms with Crippen molar-refractivity contribution in [2.45, 2.75) is 6.92 Å². The van der Waals surface area contributed by atoms with Gasteiger partial charge in [-0.3, -0.25) is 5.32 Å². The summed E-state index contributed by atoms with van der Waals surface area (Å²) in [5.41, 5.74) is 8.75. The second-order valence-corrected chi connectivity index (χ2v) is 5.42. The average Bonchev–Trinajstić information content (AvgIpc) is 2.66. The first kappa shape index (κ1) is 19.8. The number of nitrogens with one attached hydrogen (secondary N) is 1. The number of carbonyl (C=O) groups is 1. The highest BCUT2D eigenvalue weighted by Crippen LogP contribution is 2.27. The second-order valence-electron chi connectivity index (χ2n) is 5.42. The molecule has 0 saturated carbocycles. The minimum Gasteiger partial charge on any atom is -0.494 e. The van der Waals surface area contributed by atoms with E-state index in [-0.39, 0.29) is 8.03 Å². The third-order valence-electron chi connectivity index (χ3n) is 3.52. The van der Waals surface area contributed by atoms with Crippen LogP contribution in [0.2, 0.25) is 0 Å². The van der Waals surface area contributed by atoms with Gasteiger partial charge in [-0.2, -0.15) is 5.26 Å². The predicted octanol–water partition coefficient (Wildman–Crippen LogP) is 4.50. The SMILES string of the molecule is CCOc1ccc(/C(C#N)=C/c2ccc(NC(=O)OCCF)cc2)c(N)c1.[HH]. The van der Waals surface area contributed by atoms with Crippen LogP contribution in [0.5, 0.6) is 5.75 Å². The van der Waals surface area contributed by atoms with Crippen molar-refractivity contribution in [1.82, 2.24) is 0 Å². The Labute approximate surface area is 158 Å². The van der Waals surface area contributed by atoms with Crippen molar-refractivity contribution in [3.05, 3.63) is 53.6 Å². The molecule has 0 fully saturated rings. The monoisotopic (exact) mass is 371 g/mol. The normalized spacial score (nSPS) is 10.8. The summed E-state index contributed by atoms with van der Waals surface area (Å²) in [5.74, 6) is 0.645. The van der Waals surface area contributed by atoms with E-state index in [1.165, 1.54) is 0 Å². The summed E-state index contributed by atoms with van der Waals surface area (Å²) in [6.07, 6.45) is 0.966. The Bertz CT molecular complexity index is 864. The third-order valence-corrected chi connectivity index (χ3v) is 3.52. The van der Waals surface area contributed by atoms with Gasteiger partial charge in [-0.25, -0.2) is 9.18 Å². The lowest BCUT2D eigenvalue weighted by atomic mass is 10.0. The molecular formula is C20H22FN3O3. The van der Waals surface area contributed by atoms with E-state index in [2.05, 4.69) is 16.1 Å². The van der Waals surface area contributed by atoms with Crippen molar-refractivity contribution in [3.8, 4) is 11.8 Å². The van der Waals surface area contributed by atoms with Crippen LogP contribution in [0.25, 0.3) is 11.6 Å². The number of halogens is 1. The number of nitrogens with zero attached hydrogens (tertiary/aromatic N) is 1. The molecule has 142 valence electrons. The van der Waals surface area contributed by atoms with Gasteiger partial charge in [-0.05, 0) is 42.8 Å². The first-order valence-electron chi connectivity index (χ1n) is 8.31. The number of carbonyl (C=O) groups excluding carboxylic acids is 1. The lowest BCUT2D eigenvalue weighted by molar-refractivity contribution is 0.152. The standard InChI is InChI=1S/C20H20FN3O3.H2/c1-2-26-17-7-8-18(19(23)12-17)15(13-22)11-14-3-5-16(6-4-14)24-20(25)27-10-9-21;/h3-8,11-12H,2,9-10,23H2,1H3,(H,24,25);1H/b15-11+;. The topological polar surface area (TPSA) is 97.4 Å². The lowest BCUT2D eigenvalue weighted by Crippen LogP contribution is -2.14. The quantitative estimate of drug-likeness (QED) is 0.424. The molecule has 0 aliphatic rings. The number of amides is 1.